The van der Waals surface area contributed by atoms with E-state index in [1.54, 1.807) is 42.6 Å². The zero-order valence-corrected chi connectivity index (χ0v) is 44.1. The van der Waals surface area contributed by atoms with E-state index in [1.165, 1.54) is 17.0 Å². The lowest BCUT2D eigenvalue weighted by atomic mass is 9.89. The molecule has 382 valence electrons. The monoisotopic (exact) mass is 1050 g/mol. The minimum atomic E-state index is -0.967. The minimum Gasteiger partial charge on any atom is -0.490 e. The quantitative estimate of drug-likeness (QED) is 0.0737. The van der Waals surface area contributed by atoms with Crippen LogP contribution in [-0.2, 0) is 25.6 Å². The van der Waals surface area contributed by atoms with Gasteiger partial charge in [0.05, 0.1) is 40.4 Å². The summed E-state index contributed by atoms with van der Waals surface area (Å²) in [6.07, 6.45) is 0.0773. The maximum atomic E-state index is 15.0. The normalized spacial score (nSPS) is 20.0. The second kappa shape index (κ2) is 21.6. The zero-order valence-electron chi connectivity index (χ0n) is 41.7. The lowest BCUT2D eigenvalue weighted by Gasteiger charge is -2.36. The number of amides is 4. The highest BCUT2D eigenvalue weighted by Crippen LogP contribution is 2.40. The Morgan fingerprint density at radius 2 is 1.64 bits per heavy atom. The fraction of sp³-hybridized carbons (Fsp3) is 0.407. The van der Waals surface area contributed by atoms with E-state index in [-0.39, 0.29) is 62.2 Å². The van der Waals surface area contributed by atoms with Crippen LogP contribution in [0.4, 0.5) is 4.39 Å². The van der Waals surface area contributed by atoms with E-state index in [1.807, 2.05) is 79.4 Å². The predicted molar refractivity (Wildman–Crippen MR) is 280 cm³/mol. The number of aromatic nitrogens is 4. The molecule has 6 aromatic rings. The Kier molecular flexibility index (Phi) is 15.3. The highest BCUT2D eigenvalue weighted by Gasteiger charge is 2.43. The third-order valence-corrected chi connectivity index (χ3v) is 16.4. The number of halogens is 2. The van der Waals surface area contributed by atoms with Crippen molar-refractivity contribution in [3.8, 4) is 21.2 Å². The Bertz CT molecular complexity index is 3070. The Morgan fingerprint density at radius 3 is 2.34 bits per heavy atom. The van der Waals surface area contributed by atoms with E-state index < -0.39 is 47.8 Å². The molecule has 73 heavy (non-hydrogen) atoms. The number of benzene rings is 3. The molecular formula is C54H59ClFN9O6S2. The van der Waals surface area contributed by atoms with Crippen LogP contribution in [0.2, 0.25) is 5.02 Å². The van der Waals surface area contributed by atoms with E-state index in [0.717, 1.165) is 54.0 Å². The van der Waals surface area contributed by atoms with E-state index >= 15 is 4.39 Å². The van der Waals surface area contributed by atoms with E-state index in [0.29, 0.717) is 40.8 Å². The fourth-order valence-electron chi connectivity index (χ4n) is 9.80. The number of β-amino-alcohol motifs (C(OH)–C–C–N with tert-alkyl or cyclic N) is 1. The van der Waals surface area contributed by atoms with Gasteiger partial charge in [-0.05, 0) is 93.5 Å². The predicted octanol–water partition coefficient (Wildman–Crippen LogP) is 8.40. The topological polar surface area (TPSA) is 193 Å². The maximum Gasteiger partial charge on any atom is 0.246 e. The molecule has 0 radical (unpaired) electrons. The summed E-state index contributed by atoms with van der Waals surface area (Å²) in [7, 11) is 0. The van der Waals surface area contributed by atoms with Gasteiger partial charge < -0.3 is 30.7 Å². The van der Waals surface area contributed by atoms with Crippen LogP contribution in [0.1, 0.15) is 115 Å². The van der Waals surface area contributed by atoms with Crippen LogP contribution in [0.25, 0.3) is 15.4 Å². The summed E-state index contributed by atoms with van der Waals surface area (Å²) in [6, 6.07) is 16.7. The first-order chi connectivity index (χ1) is 34.9. The number of aryl methyl sites for hydroxylation is 4. The molecule has 5 heterocycles. The molecule has 1 unspecified atom stereocenters. The summed E-state index contributed by atoms with van der Waals surface area (Å²) in [5.41, 5.74) is 8.94. The van der Waals surface area contributed by atoms with Gasteiger partial charge in [0, 0.05) is 65.4 Å². The third kappa shape index (κ3) is 11.3. The number of nitrogens with one attached hydrogen (secondary N) is 3. The number of aliphatic hydroxyl groups is 1. The lowest BCUT2D eigenvalue weighted by molar-refractivity contribution is -0.142. The molecule has 1 aliphatic carbocycles. The van der Waals surface area contributed by atoms with Gasteiger partial charge in [0.15, 0.2) is 5.82 Å². The molecule has 5 atom stereocenters. The Morgan fingerprint density at radius 1 is 0.918 bits per heavy atom. The number of thiazole rings is 1. The molecule has 0 spiro atoms. The number of rotatable bonds is 16. The number of carbonyl (C=O) groups excluding carboxylic acids is 4. The molecule has 2 aliphatic heterocycles. The number of nitrogens with zero attached hydrogens (tertiary/aromatic N) is 6. The van der Waals surface area contributed by atoms with Gasteiger partial charge in [0.25, 0.3) is 0 Å². The van der Waals surface area contributed by atoms with Crippen molar-refractivity contribution in [2.24, 2.45) is 10.9 Å². The third-order valence-electron chi connectivity index (χ3n) is 14.0. The van der Waals surface area contributed by atoms with Crippen LogP contribution in [0.15, 0.2) is 77.2 Å². The number of thiophene rings is 1. The van der Waals surface area contributed by atoms with Crippen LogP contribution < -0.4 is 20.7 Å². The number of aliphatic hydroxyl groups excluding tert-OH is 1. The van der Waals surface area contributed by atoms with Gasteiger partial charge in [0.1, 0.15) is 46.6 Å². The summed E-state index contributed by atoms with van der Waals surface area (Å²) < 4.78 is 23.2. The highest BCUT2D eigenvalue weighted by molar-refractivity contribution is 7.15. The van der Waals surface area contributed by atoms with Gasteiger partial charge in [-0.3, -0.25) is 28.7 Å². The molecule has 3 aromatic heterocycles. The zero-order chi connectivity index (χ0) is 51.8. The van der Waals surface area contributed by atoms with Crippen molar-refractivity contribution in [3.63, 3.8) is 0 Å². The molecule has 1 saturated heterocycles. The summed E-state index contributed by atoms with van der Waals surface area (Å²) in [4.78, 5) is 68.0. The lowest BCUT2D eigenvalue weighted by Crippen LogP contribution is -2.55. The summed E-state index contributed by atoms with van der Waals surface area (Å²) in [5, 5.41) is 30.1. The largest absolute Gasteiger partial charge is 0.490 e. The molecule has 15 nitrogen and oxygen atoms in total. The standard InChI is InChI=1S/C54H59ClFN9O6S2/c1-27(2)48(53(70)64-25-40(66)23-44(64)52(69)58-29(4)34-9-11-36(12-10-34)50-30(5)57-26-72-50)61-45(67)17-8-33-18-38(56)20-41(19-33)71-42-21-39(22-42)59-46(68)24-43-51-63-62-32(7)65(51)54-47(28(3)31(6)73-54)49(60-43)35-13-15-37(55)16-14-35/h9-16,18-20,26-27,29,39-40,42-44,48,66H,8,17,21-25H2,1-7H3,(H,58,69)(H,59,68)(H,61,67)/t29-,39?,40+,42?,43-,44-,48?/m0/s1. The van der Waals surface area contributed by atoms with Gasteiger partial charge in [-0.25, -0.2) is 9.37 Å². The number of hydrogen-bond donors (Lipinski definition) is 4. The van der Waals surface area contributed by atoms with Crippen molar-refractivity contribution in [3.05, 3.63) is 133 Å². The average Bonchev–Trinajstić information content (AvgIpc) is 4.11. The van der Waals surface area contributed by atoms with Gasteiger partial charge in [-0.2, -0.15) is 0 Å². The summed E-state index contributed by atoms with van der Waals surface area (Å²) in [6.45, 7) is 13.4. The molecule has 4 amide bonds. The van der Waals surface area contributed by atoms with Crippen molar-refractivity contribution in [2.75, 3.05) is 6.54 Å². The minimum absolute atomic E-state index is 0.0428. The molecular weight excluding hydrogens is 989 g/mol. The van der Waals surface area contributed by atoms with Gasteiger partial charge in [-0.1, -0.05) is 61.8 Å². The van der Waals surface area contributed by atoms with Gasteiger partial charge in [0.2, 0.25) is 23.6 Å². The molecule has 19 heteroatoms. The SMILES string of the molecule is Cc1ncsc1-c1ccc([C@H](C)NC(=O)[C@@H]2C[C@@H](O)CN2C(=O)C(NC(=O)CCc2cc(F)cc(OC3CC(NC(=O)C[C@@H]4N=C(c5ccc(Cl)cc5)c5c(sc(C)c5C)-n5c(C)nnc54)C3)c2)C(C)C)cc1. The van der Waals surface area contributed by atoms with Gasteiger partial charge >= 0.3 is 0 Å². The van der Waals surface area contributed by atoms with Crippen molar-refractivity contribution in [1.82, 2.24) is 40.6 Å². The second-order valence-corrected chi connectivity index (χ2v) is 22.2. The average molecular weight is 1050 g/mol. The fourth-order valence-corrected chi connectivity index (χ4v) is 11.9. The van der Waals surface area contributed by atoms with Crippen molar-refractivity contribution in [1.29, 1.82) is 0 Å². The smallest absolute Gasteiger partial charge is 0.246 e. The van der Waals surface area contributed by atoms with Crippen molar-refractivity contribution < 1.29 is 33.4 Å². The molecule has 0 bridgehead atoms. The number of fused-ring (bicyclic) bond motifs is 3. The van der Waals surface area contributed by atoms with Crippen LogP contribution >= 0.6 is 34.3 Å². The molecule has 2 fully saturated rings. The van der Waals surface area contributed by atoms with E-state index in [2.05, 4.69) is 45.0 Å². The first-order valence-electron chi connectivity index (χ1n) is 24.6. The van der Waals surface area contributed by atoms with Crippen LogP contribution in [0.3, 0.4) is 0 Å². The van der Waals surface area contributed by atoms with E-state index in [9.17, 15) is 24.3 Å². The number of likely N-dealkylation sites (tertiary alicyclic amines) is 1. The van der Waals surface area contributed by atoms with Gasteiger partial charge in [-0.15, -0.1) is 32.9 Å². The molecule has 1 saturated carbocycles. The van der Waals surface area contributed by atoms with E-state index in [4.69, 9.17) is 21.3 Å². The Hall–Kier alpha value is -6.34. The number of ether oxygens (including phenoxy) is 1. The summed E-state index contributed by atoms with van der Waals surface area (Å²) in [5.74, 6) is -0.728. The molecule has 4 N–H and O–H groups in total. The van der Waals surface area contributed by atoms with Crippen molar-refractivity contribution in [2.45, 2.75) is 129 Å². The maximum absolute atomic E-state index is 15.0. The first-order valence-corrected chi connectivity index (χ1v) is 26.7. The molecule has 9 rings (SSSR count). The first kappa shape index (κ1) is 51.6. The number of carbonyl (C=O) groups is 4. The summed E-state index contributed by atoms with van der Waals surface area (Å²) >= 11 is 9.47. The highest BCUT2D eigenvalue weighted by atomic mass is 35.5. The van der Waals surface area contributed by atoms with Crippen LogP contribution in [0, 0.1) is 39.4 Å². The van der Waals surface area contributed by atoms with Crippen LogP contribution in [-0.4, -0.2) is 96.0 Å². The van der Waals surface area contributed by atoms with Crippen LogP contribution in [0.5, 0.6) is 5.75 Å². The second-order valence-electron chi connectivity index (χ2n) is 19.7. The van der Waals surface area contributed by atoms with Crippen molar-refractivity contribution >= 4 is 63.6 Å². The number of hydrogen-bond acceptors (Lipinski definition) is 12. The Labute approximate surface area is 436 Å². The molecule has 3 aliphatic rings. The Balaban J connectivity index is 0.770. The molecule has 3 aromatic carbocycles. The number of aliphatic imine (C=N–C) groups is 1.